The van der Waals surface area contributed by atoms with E-state index in [1.807, 2.05) is 19.9 Å². The molecule has 2 aromatic rings. The Labute approximate surface area is 111 Å². The third-order valence-electron chi connectivity index (χ3n) is 2.67. The summed E-state index contributed by atoms with van der Waals surface area (Å²) in [5.74, 6) is -0.812. The molecule has 1 aromatic carbocycles. The lowest BCUT2D eigenvalue weighted by Gasteiger charge is -2.09. The predicted octanol–water partition coefficient (Wildman–Crippen LogP) is 5.13. The van der Waals surface area contributed by atoms with Crippen molar-refractivity contribution in [1.82, 2.24) is 0 Å². The van der Waals surface area contributed by atoms with Crippen LogP contribution in [0.2, 0.25) is 0 Å². The molecule has 0 fully saturated rings. The molecule has 1 unspecified atom stereocenters. The number of aryl methyl sites for hydroxylation is 2. The molecule has 0 nitrogen and oxygen atoms in total. The predicted molar refractivity (Wildman–Crippen MR) is 70.9 cm³/mol. The molecule has 2 rings (SSSR count). The lowest BCUT2D eigenvalue weighted by Crippen LogP contribution is -1.95. The molecular formula is C13H11BrF2S. The van der Waals surface area contributed by atoms with Crippen molar-refractivity contribution in [3.05, 3.63) is 56.8 Å². The molecule has 0 N–H and O–H groups in total. The Bertz CT molecular complexity index is 529. The standard InChI is InChI=1S/C13H11BrF2S/c1-7-5-12(17-8(7)2)13(14)10-6-9(15)3-4-11(10)16/h3-6,13H,1-2H3. The molecule has 1 heterocycles. The first-order valence-electron chi connectivity index (χ1n) is 5.15. The highest BCUT2D eigenvalue weighted by Crippen LogP contribution is 2.37. The van der Waals surface area contributed by atoms with Crippen molar-refractivity contribution in [2.45, 2.75) is 18.7 Å². The maximum Gasteiger partial charge on any atom is 0.128 e. The molecule has 17 heavy (non-hydrogen) atoms. The number of rotatable bonds is 2. The zero-order valence-electron chi connectivity index (χ0n) is 9.43. The van der Waals surface area contributed by atoms with Crippen LogP contribution in [0.4, 0.5) is 8.78 Å². The van der Waals surface area contributed by atoms with Crippen LogP contribution in [0.3, 0.4) is 0 Å². The Hall–Kier alpha value is -0.740. The van der Waals surface area contributed by atoms with Gasteiger partial charge < -0.3 is 0 Å². The van der Waals surface area contributed by atoms with Gasteiger partial charge in [0.05, 0.1) is 4.83 Å². The van der Waals surface area contributed by atoms with Crippen molar-refractivity contribution < 1.29 is 8.78 Å². The molecule has 0 aliphatic carbocycles. The fourth-order valence-corrected chi connectivity index (χ4v) is 3.39. The average Bonchev–Trinajstić information content (AvgIpc) is 2.62. The van der Waals surface area contributed by atoms with E-state index in [1.54, 1.807) is 11.3 Å². The quantitative estimate of drug-likeness (QED) is 0.674. The smallest absolute Gasteiger partial charge is 0.128 e. The maximum absolute atomic E-state index is 13.6. The summed E-state index contributed by atoms with van der Waals surface area (Å²) in [5, 5.41) is 0. The first-order chi connectivity index (χ1) is 7.99. The first-order valence-corrected chi connectivity index (χ1v) is 6.88. The van der Waals surface area contributed by atoms with Crippen LogP contribution < -0.4 is 0 Å². The van der Waals surface area contributed by atoms with Crippen molar-refractivity contribution >= 4 is 27.3 Å². The van der Waals surface area contributed by atoms with Crippen LogP contribution in [0.5, 0.6) is 0 Å². The molecule has 0 spiro atoms. The molecule has 90 valence electrons. The normalized spacial score (nSPS) is 12.8. The molecule has 0 radical (unpaired) electrons. The Morgan fingerprint density at radius 1 is 1.18 bits per heavy atom. The summed E-state index contributed by atoms with van der Waals surface area (Å²) in [7, 11) is 0. The molecular weight excluding hydrogens is 306 g/mol. The van der Waals surface area contributed by atoms with E-state index in [9.17, 15) is 8.78 Å². The van der Waals surface area contributed by atoms with Crippen LogP contribution >= 0.6 is 27.3 Å². The third kappa shape index (κ3) is 2.58. The summed E-state index contributed by atoms with van der Waals surface area (Å²) in [4.78, 5) is 1.89. The zero-order chi connectivity index (χ0) is 12.6. The van der Waals surface area contributed by atoms with E-state index in [0.717, 1.165) is 17.0 Å². The third-order valence-corrected chi connectivity index (χ3v) is 5.17. The van der Waals surface area contributed by atoms with Gasteiger partial charge in [-0.05, 0) is 43.7 Å². The number of hydrogen-bond acceptors (Lipinski definition) is 1. The van der Waals surface area contributed by atoms with E-state index >= 15 is 0 Å². The molecule has 0 aliphatic rings. The number of benzene rings is 1. The Balaban J connectivity index is 2.42. The zero-order valence-corrected chi connectivity index (χ0v) is 11.8. The first kappa shape index (κ1) is 12.7. The summed E-state index contributed by atoms with van der Waals surface area (Å²) in [6.07, 6.45) is 0. The fraction of sp³-hybridized carbons (Fsp3) is 0.231. The summed E-state index contributed by atoms with van der Waals surface area (Å²) >= 11 is 5.03. The van der Waals surface area contributed by atoms with Gasteiger partial charge in [0.25, 0.3) is 0 Å². The van der Waals surface area contributed by atoms with Gasteiger partial charge in [-0.25, -0.2) is 8.78 Å². The highest BCUT2D eigenvalue weighted by atomic mass is 79.9. The summed E-state index contributed by atoms with van der Waals surface area (Å²) in [5.41, 5.74) is 1.51. The van der Waals surface area contributed by atoms with Gasteiger partial charge in [-0.15, -0.1) is 11.3 Å². The minimum absolute atomic E-state index is 0.296. The summed E-state index contributed by atoms with van der Waals surface area (Å²) < 4.78 is 26.7. The molecule has 0 saturated heterocycles. The fourth-order valence-electron chi connectivity index (χ4n) is 1.59. The maximum atomic E-state index is 13.6. The summed E-state index contributed by atoms with van der Waals surface area (Å²) in [6.45, 7) is 4.03. The van der Waals surface area contributed by atoms with Gasteiger partial charge in [-0.1, -0.05) is 15.9 Å². The lowest BCUT2D eigenvalue weighted by atomic mass is 10.1. The van der Waals surface area contributed by atoms with E-state index in [2.05, 4.69) is 15.9 Å². The van der Waals surface area contributed by atoms with Gasteiger partial charge >= 0.3 is 0 Å². The van der Waals surface area contributed by atoms with Crippen LogP contribution in [0.15, 0.2) is 24.3 Å². The highest BCUT2D eigenvalue weighted by molar-refractivity contribution is 9.09. The molecule has 0 amide bonds. The number of halogens is 3. The Morgan fingerprint density at radius 3 is 2.47 bits per heavy atom. The second kappa shape index (κ2) is 4.86. The second-order valence-corrected chi connectivity index (χ2v) is 6.12. The summed E-state index contributed by atoms with van der Waals surface area (Å²) in [6, 6.07) is 5.53. The Kier molecular flexibility index (Phi) is 3.64. The van der Waals surface area contributed by atoms with Crippen molar-refractivity contribution in [3.8, 4) is 0 Å². The van der Waals surface area contributed by atoms with Crippen LogP contribution in [0.25, 0.3) is 0 Å². The topological polar surface area (TPSA) is 0 Å². The second-order valence-electron chi connectivity index (χ2n) is 3.92. The minimum Gasteiger partial charge on any atom is -0.207 e. The molecule has 0 bridgehead atoms. The van der Waals surface area contributed by atoms with Gasteiger partial charge in [0.1, 0.15) is 11.6 Å². The van der Waals surface area contributed by atoms with Crippen LogP contribution in [0.1, 0.15) is 25.7 Å². The van der Waals surface area contributed by atoms with Crippen LogP contribution in [-0.2, 0) is 0 Å². The molecule has 4 heteroatoms. The minimum atomic E-state index is -0.421. The van der Waals surface area contributed by atoms with E-state index in [0.29, 0.717) is 5.56 Å². The van der Waals surface area contributed by atoms with Gasteiger partial charge in [0.15, 0.2) is 0 Å². The lowest BCUT2D eigenvalue weighted by molar-refractivity contribution is 0.588. The van der Waals surface area contributed by atoms with Gasteiger partial charge in [0.2, 0.25) is 0 Å². The number of thiophene rings is 1. The van der Waals surface area contributed by atoms with E-state index in [1.165, 1.54) is 16.5 Å². The van der Waals surface area contributed by atoms with E-state index in [-0.39, 0.29) is 4.83 Å². The molecule has 0 aliphatic heterocycles. The molecule has 1 atom stereocenters. The van der Waals surface area contributed by atoms with Crippen LogP contribution in [0, 0.1) is 25.5 Å². The Morgan fingerprint density at radius 2 is 1.88 bits per heavy atom. The number of hydrogen-bond donors (Lipinski definition) is 0. The van der Waals surface area contributed by atoms with Crippen molar-refractivity contribution in [2.24, 2.45) is 0 Å². The van der Waals surface area contributed by atoms with Crippen LogP contribution in [-0.4, -0.2) is 0 Å². The molecule has 1 aromatic heterocycles. The van der Waals surface area contributed by atoms with Crippen molar-refractivity contribution in [1.29, 1.82) is 0 Å². The van der Waals surface area contributed by atoms with Crippen molar-refractivity contribution in [3.63, 3.8) is 0 Å². The van der Waals surface area contributed by atoms with Gasteiger partial charge in [-0.3, -0.25) is 0 Å². The van der Waals surface area contributed by atoms with E-state index in [4.69, 9.17) is 0 Å². The monoisotopic (exact) mass is 316 g/mol. The highest BCUT2D eigenvalue weighted by Gasteiger charge is 2.18. The number of alkyl halides is 1. The van der Waals surface area contributed by atoms with E-state index < -0.39 is 11.6 Å². The van der Waals surface area contributed by atoms with Gasteiger partial charge in [0, 0.05) is 15.3 Å². The van der Waals surface area contributed by atoms with Crippen molar-refractivity contribution in [2.75, 3.05) is 0 Å². The SMILES string of the molecule is Cc1cc(C(Br)c2cc(F)ccc2F)sc1C. The average molecular weight is 317 g/mol. The largest absolute Gasteiger partial charge is 0.207 e. The van der Waals surface area contributed by atoms with Gasteiger partial charge in [-0.2, -0.15) is 0 Å². The molecule has 0 saturated carbocycles.